The fourth-order valence-electron chi connectivity index (χ4n) is 10.7. The second-order valence-electron chi connectivity index (χ2n) is 18.4. The SMILES string of the molecule is CCCCCCCCCCCCCCCCC1(CCCCCCCCCCCCCCCC)c2cc3c(cc2-c2c1ccc1nonc21)Cc1ccc2nonc2c1-3. The van der Waals surface area contributed by atoms with Crippen LogP contribution in [0.2, 0.25) is 0 Å². The first kappa shape index (κ1) is 42.6. The molecule has 0 fully saturated rings. The molecule has 314 valence electrons. The summed E-state index contributed by atoms with van der Waals surface area (Å²) in [5.41, 5.74) is 14.1. The molecule has 7 rings (SSSR count). The molecule has 2 aliphatic rings. The minimum absolute atomic E-state index is 0.0557. The summed E-state index contributed by atoms with van der Waals surface area (Å²) in [7, 11) is 0. The van der Waals surface area contributed by atoms with Crippen LogP contribution in [0.4, 0.5) is 0 Å². The summed E-state index contributed by atoms with van der Waals surface area (Å²) in [6.07, 6.45) is 42.0. The van der Waals surface area contributed by atoms with Crippen LogP contribution in [-0.2, 0) is 11.8 Å². The van der Waals surface area contributed by atoms with E-state index in [4.69, 9.17) is 9.26 Å². The molecule has 0 spiro atoms. The van der Waals surface area contributed by atoms with Gasteiger partial charge >= 0.3 is 0 Å². The van der Waals surface area contributed by atoms with Crippen molar-refractivity contribution in [2.75, 3.05) is 0 Å². The van der Waals surface area contributed by atoms with Gasteiger partial charge in [-0.3, -0.25) is 0 Å². The number of unbranched alkanes of at least 4 members (excludes halogenated alkanes) is 26. The zero-order valence-electron chi connectivity index (χ0n) is 36.5. The van der Waals surface area contributed by atoms with E-state index in [2.05, 4.69) is 70.9 Å². The smallest absolute Gasteiger partial charge is 0.143 e. The Morgan fingerprint density at radius 2 is 0.845 bits per heavy atom. The Morgan fingerprint density at radius 1 is 0.414 bits per heavy atom. The molecule has 6 heteroatoms. The summed E-state index contributed by atoms with van der Waals surface area (Å²) in [5.74, 6) is 0. The van der Waals surface area contributed by atoms with Crippen LogP contribution in [0, 0.1) is 0 Å². The first-order chi connectivity index (χ1) is 28.7. The zero-order chi connectivity index (χ0) is 39.8. The van der Waals surface area contributed by atoms with Crippen LogP contribution in [0.1, 0.15) is 229 Å². The van der Waals surface area contributed by atoms with E-state index in [0.29, 0.717) is 0 Å². The molecule has 58 heavy (non-hydrogen) atoms. The number of aromatic nitrogens is 4. The van der Waals surface area contributed by atoms with Gasteiger partial charge in [-0.15, -0.1) is 0 Å². The molecule has 0 aliphatic heterocycles. The predicted molar refractivity (Wildman–Crippen MR) is 241 cm³/mol. The van der Waals surface area contributed by atoms with E-state index >= 15 is 0 Å². The molecule has 0 radical (unpaired) electrons. The lowest BCUT2D eigenvalue weighted by atomic mass is 9.70. The van der Waals surface area contributed by atoms with Gasteiger partial charge in [-0.05, 0) is 97.5 Å². The minimum atomic E-state index is -0.0557. The van der Waals surface area contributed by atoms with Gasteiger partial charge in [0, 0.05) is 16.5 Å². The van der Waals surface area contributed by atoms with Crippen molar-refractivity contribution in [3.8, 4) is 22.3 Å². The van der Waals surface area contributed by atoms with Crippen molar-refractivity contribution in [1.82, 2.24) is 20.6 Å². The van der Waals surface area contributed by atoms with Gasteiger partial charge in [-0.2, -0.15) is 0 Å². The maximum absolute atomic E-state index is 5.40. The molecule has 0 saturated carbocycles. The Bertz CT molecular complexity index is 1960. The molecule has 0 atom stereocenters. The molecular formula is C52H74N4O2. The van der Waals surface area contributed by atoms with Crippen LogP contribution < -0.4 is 0 Å². The summed E-state index contributed by atoms with van der Waals surface area (Å²) in [5, 5.41) is 17.5. The monoisotopic (exact) mass is 787 g/mol. The molecule has 0 unspecified atom stereocenters. The normalized spacial score (nSPS) is 13.8. The van der Waals surface area contributed by atoms with Crippen LogP contribution >= 0.6 is 0 Å². The van der Waals surface area contributed by atoms with Gasteiger partial charge in [0.1, 0.15) is 22.1 Å². The average Bonchev–Trinajstić information content (AvgIpc) is 4.04. The van der Waals surface area contributed by atoms with Gasteiger partial charge < -0.3 is 0 Å². The van der Waals surface area contributed by atoms with Crippen LogP contribution in [0.5, 0.6) is 0 Å². The number of fused-ring (bicyclic) bond motifs is 10. The number of hydrogen-bond acceptors (Lipinski definition) is 6. The van der Waals surface area contributed by atoms with Gasteiger partial charge in [0.2, 0.25) is 0 Å². The maximum Gasteiger partial charge on any atom is 0.143 e. The zero-order valence-corrected chi connectivity index (χ0v) is 36.5. The molecule has 0 amide bonds. The van der Waals surface area contributed by atoms with Crippen LogP contribution in [0.15, 0.2) is 45.7 Å². The standard InChI is InChI=1S/C52H74N4O2/c1-3-5-7-9-11-13-15-17-19-21-23-25-27-29-35-52(36-30-28-26-24-22-20-18-16-14-12-10-8-6-4-2)44-32-34-47-51(56-58-54-47)49(44)43-38-41-37-40-31-33-46-50(55-57-53-46)48(40)42(41)39-45(43)52/h31-34,38-39H,3-30,35-37H2,1-2H3. The lowest BCUT2D eigenvalue weighted by Gasteiger charge is -2.33. The van der Waals surface area contributed by atoms with Crippen molar-refractivity contribution in [3.63, 3.8) is 0 Å². The van der Waals surface area contributed by atoms with Crippen molar-refractivity contribution in [2.24, 2.45) is 0 Å². The highest BCUT2D eigenvalue weighted by molar-refractivity contribution is 6.02. The highest BCUT2D eigenvalue weighted by atomic mass is 16.6. The average molecular weight is 787 g/mol. The number of hydrogen-bond donors (Lipinski definition) is 0. The minimum Gasteiger partial charge on any atom is -0.243 e. The number of rotatable bonds is 30. The van der Waals surface area contributed by atoms with Gasteiger partial charge in [-0.25, -0.2) is 9.26 Å². The fraction of sp³-hybridized carbons (Fsp3) is 0.654. The predicted octanol–water partition coefficient (Wildman–Crippen LogP) is 16.3. The van der Waals surface area contributed by atoms with E-state index in [1.54, 1.807) is 0 Å². The highest BCUT2D eigenvalue weighted by Gasteiger charge is 2.45. The second kappa shape index (κ2) is 22.2. The van der Waals surface area contributed by atoms with Crippen molar-refractivity contribution >= 4 is 22.1 Å². The Morgan fingerprint density at radius 3 is 1.33 bits per heavy atom. The van der Waals surface area contributed by atoms with Gasteiger partial charge in [-0.1, -0.05) is 206 Å². The molecule has 2 aliphatic carbocycles. The quantitative estimate of drug-likeness (QED) is 0.0423. The summed E-state index contributed by atoms with van der Waals surface area (Å²) >= 11 is 0. The Kier molecular flexibility index (Phi) is 16.3. The topological polar surface area (TPSA) is 77.8 Å². The lowest BCUT2D eigenvalue weighted by Crippen LogP contribution is -2.25. The van der Waals surface area contributed by atoms with Crippen LogP contribution in [-0.4, -0.2) is 20.6 Å². The highest BCUT2D eigenvalue weighted by Crippen LogP contribution is 2.58. The van der Waals surface area contributed by atoms with Gasteiger partial charge in [0.15, 0.2) is 0 Å². The molecular weight excluding hydrogens is 713 g/mol. The Labute approximate surface area is 350 Å². The van der Waals surface area contributed by atoms with E-state index in [1.807, 2.05) is 0 Å². The first-order valence-electron chi connectivity index (χ1n) is 24.4. The molecule has 0 N–H and O–H groups in total. The number of nitrogens with zero attached hydrogens (tertiary/aromatic N) is 4. The third-order valence-corrected chi connectivity index (χ3v) is 14.1. The van der Waals surface area contributed by atoms with Crippen molar-refractivity contribution < 1.29 is 9.26 Å². The van der Waals surface area contributed by atoms with E-state index in [0.717, 1.165) is 28.5 Å². The molecule has 2 heterocycles. The van der Waals surface area contributed by atoms with Gasteiger partial charge in [0.25, 0.3) is 0 Å². The molecule has 6 nitrogen and oxygen atoms in total. The van der Waals surface area contributed by atoms with Crippen LogP contribution in [0.25, 0.3) is 44.3 Å². The summed E-state index contributed by atoms with van der Waals surface area (Å²) in [6, 6.07) is 13.9. The molecule has 0 saturated heterocycles. The van der Waals surface area contributed by atoms with Crippen molar-refractivity contribution in [2.45, 2.75) is 218 Å². The fourth-order valence-corrected chi connectivity index (χ4v) is 10.7. The molecule has 5 aromatic rings. The van der Waals surface area contributed by atoms with Gasteiger partial charge in [0.05, 0.1) is 0 Å². The Hall–Kier alpha value is -3.54. The second-order valence-corrected chi connectivity index (χ2v) is 18.4. The van der Waals surface area contributed by atoms with E-state index in [-0.39, 0.29) is 5.41 Å². The summed E-state index contributed by atoms with van der Waals surface area (Å²) in [4.78, 5) is 0. The summed E-state index contributed by atoms with van der Waals surface area (Å²) < 4.78 is 10.7. The van der Waals surface area contributed by atoms with E-state index in [1.165, 1.54) is 237 Å². The Balaban J connectivity index is 1.01. The van der Waals surface area contributed by atoms with E-state index in [9.17, 15) is 0 Å². The number of benzene rings is 3. The van der Waals surface area contributed by atoms with E-state index < -0.39 is 0 Å². The molecule has 2 aromatic heterocycles. The maximum atomic E-state index is 5.40. The third kappa shape index (κ3) is 10.2. The largest absolute Gasteiger partial charge is 0.243 e. The lowest BCUT2D eigenvalue weighted by molar-refractivity contribution is 0.315. The third-order valence-electron chi connectivity index (χ3n) is 14.1. The first-order valence-corrected chi connectivity index (χ1v) is 24.4. The summed E-state index contributed by atoms with van der Waals surface area (Å²) in [6.45, 7) is 4.61. The molecule has 3 aromatic carbocycles. The van der Waals surface area contributed by atoms with Crippen molar-refractivity contribution in [1.29, 1.82) is 0 Å². The van der Waals surface area contributed by atoms with Crippen LogP contribution in [0.3, 0.4) is 0 Å². The molecule has 0 bridgehead atoms. The van der Waals surface area contributed by atoms with Crippen molar-refractivity contribution in [3.05, 3.63) is 58.7 Å².